The zero-order chi connectivity index (χ0) is 22.5. The van der Waals surface area contributed by atoms with E-state index < -0.39 is 23.6 Å². The average Bonchev–Trinajstić information content (AvgIpc) is 2.74. The van der Waals surface area contributed by atoms with Crippen molar-refractivity contribution in [2.75, 3.05) is 16.8 Å². The molecule has 0 fully saturated rings. The van der Waals surface area contributed by atoms with Gasteiger partial charge in [-0.1, -0.05) is 12.1 Å². The van der Waals surface area contributed by atoms with Crippen LogP contribution in [-0.4, -0.2) is 29.4 Å². The molecule has 0 spiro atoms. The third-order valence-electron chi connectivity index (χ3n) is 4.84. The van der Waals surface area contributed by atoms with E-state index in [2.05, 4.69) is 5.32 Å². The monoisotopic (exact) mass is 420 g/mol. The third-order valence-corrected chi connectivity index (χ3v) is 4.84. The van der Waals surface area contributed by atoms with Crippen molar-refractivity contribution in [3.05, 3.63) is 94.8 Å². The number of anilines is 2. The van der Waals surface area contributed by atoms with Crippen LogP contribution in [0.3, 0.4) is 0 Å². The van der Waals surface area contributed by atoms with Crippen LogP contribution in [0.4, 0.5) is 15.8 Å². The summed E-state index contributed by atoms with van der Waals surface area (Å²) in [5.74, 6) is -2.61. The quantitative estimate of drug-likeness (QED) is 0.618. The summed E-state index contributed by atoms with van der Waals surface area (Å²) in [6.07, 6.45) is 0. The van der Waals surface area contributed by atoms with E-state index >= 15 is 0 Å². The number of carbonyl (C=O) groups is 3. The minimum absolute atomic E-state index is 0.0936. The Balaban J connectivity index is 1.86. The number of benzene rings is 3. The van der Waals surface area contributed by atoms with Crippen LogP contribution in [0.25, 0.3) is 0 Å². The summed E-state index contributed by atoms with van der Waals surface area (Å²) in [5, 5.41) is 11.6. The number of aromatic carboxylic acids is 1. The molecule has 0 aromatic heterocycles. The molecule has 6 nitrogen and oxygen atoms in total. The SMILES string of the molecule is Cc1ccc(N(CC(=O)Nc2ccc(C(=O)O)cc2)C(=O)c2cccc(F)c2)cc1C. The molecule has 2 amide bonds. The first-order chi connectivity index (χ1) is 14.7. The molecule has 7 heteroatoms. The first kappa shape index (κ1) is 21.7. The summed E-state index contributed by atoms with van der Waals surface area (Å²) >= 11 is 0. The standard InChI is InChI=1S/C24H21FN2O4/c1-15-6-11-21(12-16(15)2)27(23(29)18-4-3-5-19(25)13-18)14-22(28)26-20-9-7-17(8-10-20)24(30)31/h3-13H,14H2,1-2H3,(H,26,28)(H,30,31). The average molecular weight is 420 g/mol. The number of nitrogens with zero attached hydrogens (tertiary/aromatic N) is 1. The van der Waals surface area contributed by atoms with Crippen LogP contribution in [0.15, 0.2) is 66.7 Å². The summed E-state index contributed by atoms with van der Waals surface area (Å²) in [6.45, 7) is 3.53. The highest BCUT2D eigenvalue weighted by Crippen LogP contribution is 2.22. The highest BCUT2D eigenvalue weighted by atomic mass is 19.1. The van der Waals surface area contributed by atoms with E-state index in [9.17, 15) is 18.8 Å². The zero-order valence-electron chi connectivity index (χ0n) is 17.1. The van der Waals surface area contributed by atoms with Gasteiger partial charge in [-0.15, -0.1) is 0 Å². The number of halogens is 1. The lowest BCUT2D eigenvalue weighted by atomic mass is 10.1. The summed E-state index contributed by atoms with van der Waals surface area (Å²) in [6, 6.07) is 16.3. The molecule has 0 aliphatic rings. The van der Waals surface area contributed by atoms with Gasteiger partial charge in [-0.2, -0.15) is 0 Å². The third kappa shape index (κ3) is 5.33. The molecule has 0 saturated heterocycles. The molecule has 0 atom stereocenters. The summed E-state index contributed by atoms with van der Waals surface area (Å²) in [7, 11) is 0. The van der Waals surface area contributed by atoms with Gasteiger partial charge < -0.3 is 10.4 Å². The molecular weight excluding hydrogens is 399 g/mol. The van der Waals surface area contributed by atoms with E-state index in [-0.39, 0.29) is 17.7 Å². The van der Waals surface area contributed by atoms with Gasteiger partial charge in [-0.3, -0.25) is 14.5 Å². The Kier molecular flexibility index (Phi) is 6.45. The van der Waals surface area contributed by atoms with Crippen molar-refractivity contribution in [3.8, 4) is 0 Å². The van der Waals surface area contributed by atoms with Crippen molar-refractivity contribution in [2.24, 2.45) is 0 Å². The Labute approximate surface area is 178 Å². The lowest BCUT2D eigenvalue weighted by Gasteiger charge is -2.23. The van der Waals surface area contributed by atoms with Crippen LogP contribution < -0.4 is 10.2 Å². The molecule has 0 aliphatic carbocycles. The largest absolute Gasteiger partial charge is 0.478 e. The van der Waals surface area contributed by atoms with Gasteiger partial charge in [0.2, 0.25) is 5.91 Å². The number of carboxylic acids is 1. The number of hydrogen-bond acceptors (Lipinski definition) is 3. The Morgan fingerprint density at radius 3 is 2.23 bits per heavy atom. The molecule has 0 radical (unpaired) electrons. The minimum Gasteiger partial charge on any atom is -0.478 e. The molecule has 0 unspecified atom stereocenters. The molecule has 3 aromatic rings. The van der Waals surface area contributed by atoms with Crippen LogP contribution in [0.1, 0.15) is 31.8 Å². The van der Waals surface area contributed by atoms with Crippen LogP contribution in [0.2, 0.25) is 0 Å². The molecule has 2 N–H and O–H groups in total. The maximum absolute atomic E-state index is 13.7. The van der Waals surface area contributed by atoms with Crippen molar-refractivity contribution >= 4 is 29.2 Å². The maximum Gasteiger partial charge on any atom is 0.335 e. The molecule has 0 saturated carbocycles. The summed E-state index contributed by atoms with van der Waals surface area (Å²) in [4.78, 5) is 38.0. The molecule has 3 aromatic carbocycles. The van der Waals surface area contributed by atoms with E-state index in [0.717, 1.165) is 17.2 Å². The number of amides is 2. The number of hydrogen-bond donors (Lipinski definition) is 2. The van der Waals surface area contributed by atoms with E-state index in [1.165, 1.54) is 47.4 Å². The van der Waals surface area contributed by atoms with E-state index in [1.54, 1.807) is 12.1 Å². The first-order valence-corrected chi connectivity index (χ1v) is 9.52. The Morgan fingerprint density at radius 1 is 0.903 bits per heavy atom. The fourth-order valence-corrected chi connectivity index (χ4v) is 2.99. The topological polar surface area (TPSA) is 86.7 Å². The minimum atomic E-state index is -1.07. The normalized spacial score (nSPS) is 10.4. The molecule has 158 valence electrons. The van der Waals surface area contributed by atoms with Gasteiger partial charge in [0.05, 0.1) is 5.56 Å². The Morgan fingerprint density at radius 2 is 1.61 bits per heavy atom. The molecular formula is C24H21FN2O4. The Bertz CT molecular complexity index is 1140. The van der Waals surface area contributed by atoms with E-state index in [1.807, 2.05) is 19.9 Å². The molecule has 0 heterocycles. The highest BCUT2D eigenvalue weighted by Gasteiger charge is 2.22. The summed E-state index contributed by atoms with van der Waals surface area (Å²) in [5.41, 5.74) is 3.10. The van der Waals surface area contributed by atoms with Crippen molar-refractivity contribution < 1.29 is 23.9 Å². The van der Waals surface area contributed by atoms with Crippen molar-refractivity contribution in [3.63, 3.8) is 0 Å². The number of rotatable bonds is 6. The van der Waals surface area contributed by atoms with Gasteiger partial charge in [0.1, 0.15) is 12.4 Å². The molecule has 0 aliphatic heterocycles. The fraction of sp³-hybridized carbons (Fsp3) is 0.125. The fourth-order valence-electron chi connectivity index (χ4n) is 2.99. The number of aryl methyl sites for hydroxylation is 2. The number of nitrogens with one attached hydrogen (secondary N) is 1. The van der Waals surface area contributed by atoms with Gasteiger partial charge >= 0.3 is 5.97 Å². The van der Waals surface area contributed by atoms with Crippen LogP contribution >= 0.6 is 0 Å². The predicted molar refractivity (Wildman–Crippen MR) is 116 cm³/mol. The van der Waals surface area contributed by atoms with Crippen LogP contribution in [-0.2, 0) is 4.79 Å². The van der Waals surface area contributed by atoms with Gasteiger partial charge in [0, 0.05) is 16.9 Å². The van der Waals surface area contributed by atoms with E-state index in [4.69, 9.17) is 5.11 Å². The maximum atomic E-state index is 13.7. The lowest BCUT2D eigenvalue weighted by Crippen LogP contribution is -2.38. The highest BCUT2D eigenvalue weighted by molar-refractivity contribution is 6.10. The van der Waals surface area contributed by atoms with Gasteiger partial charge in [-0.05, 0) is 79.6 Å². The second-order valence-electron chi connectivity index (χ2n) is 7.10. The molecule has 31 heavy (non-hydrogen) atoms. The number of carboxylic acid groups (broad SMARTS) is 1. The first-order valence-electron chi connectivity index (χ1n) is 9.52. The van der Waals surface area contributed by atoms with E-state index in [0.29, 0.717) is 11.4 Å². The van der Waals surface area contributed by atoms with Crippen molar-refractivity contribution in [1.82, 2.24) is 0 Å². The zero-order valence-corrected chi connectivity index (χ0v) is 17.1. The molecule has 0 bridgehead atoms. The summed E-state index contributed by atoms with van der Waals surface area (Å²) < 4.78 is 13.7. The molecule has 3 rings (SSSR count). The number of carbonyl (C=O) groups excluding carboxylic acids is 2. The second-order valence-corrected chi connectivity index (χ2v) is 7.10. The van der Waals surface area contributed by atoms with Crippen molar-refractivity contribution in [2.45, 2.75) is 13.8 Å². The van der Waals surface area contributed by atoms with Crippen LogP contribution in [0, 0.1) is 19.7 Å². The smallest absolute Gasteiger partial charge is 0.335 e. The van der Waals surface area contributed by atoms with Crippen molar-refractivity contribution in [1.29, 1.82) is 0 Å². The predicted octanol–water partition coefficient (Wildman–Crippen LogP) is 4.43. The van der Waals surface area contributed by atoms with Gasteiger partial charge in [0.15, 0.2) is 0 Å². The lowest BCUT2D eigenvalue weighted by molar-refractivity contribution is -0.114. The second kappa shape index (κ2) is 9.21. The Hall–Kier alpha value is -4.00. The van der Waals surface area contributed by atoms with Gasteiger partial charge in [0.25, 0.3) is 5.91 Å². The van der Waals surface area contributed by atoms with Crippen LogP contribution in [0.5, 0.6) is 0 Å². The van der Waals surface area contributed by atoms with Gasteiger partial charge in [-0.25, -0.2) is 9.18 Å².